The summed E-state index contributed by atoms with van der Waals surface area (Å²) in [5, 5.41) is 8.96. The number of aryl methyl sites for hydroxylation is 1. The van der Waals surface area contributed by atoms with Crippen molar-refractivity contribution < 1.29 is 27.4 Å². The topological polar surface area (TPSA) is 92.7 Å². The minimum Gasteiger partial charge on any atom is -0.481 e. The van der Waals surface area contributed by atoms with Gasteiger partial charge >= 0.3 is 5.97 Å². The van der Waals surface area contributed by atoms with Crippen LogP contribution in [0, 0.1) is 18.7 Å². The zero-order chi connectivity index (χ0) is 14.9. The van der Waals surface area contributed by atoms with Gasteiger partial charge in [-0.1, -0.05) is 6.07 Å². The van der Waals surface area contributed by atoms with Crippen molar-refractivity contribution in [1.82, 2.24) is 4.72 Å². The van der Waals surface area contributed by atoms with Gasteiger partial charge in [0.2, 0.25) is 10.0 Å². The molecule has 2 rings (SSSR count). The molecular formula is C12H14FNO5S. The van der Waals surface area contributed by atoms with Crippen LogP contribution in [-0.2, 0) is 19.6 Å². The van der Waals surface area contributed by atoms with Crippen LogP contribution in [-0.4, -0.2) is 38.7 Å². The standard InChI is InChI=1S/C12H14FNO5S/c1-7-2-3-8(4-10(7)13)20(17,18)14-11-6-19-5-9(11)12(15)16/h2-4,9,11,14H,5-6H2,1H3,(H,15,16). The number of carbonyl (C=O) groups is 1. The van der Waals surface area contributed by atoms with Gasteiger partial charge in [0.05, 0.1) is 30.1 Å². The Kier molecular flexibility index (Phi) is 4.07. The maximum Gasteiger partial charge on any atom is 0.310 e. The molecule has 2 N–H and O–H groups in total. The highest BCUT2D eigenvalue weighted by molar-refractivity contribution is 7.89. The third-order valence-electron chi connectivity index (χ3n) is 3.16. The van der Waals surface area contributed by atoms with Gasteiger partial charge in [0.15, 0.2) is 0 Å². The molecule has 2 unspecified atom stereocenters. The van der Waals surface area contributed by atoms with Crippen LogP contribution >= 0.6 is 0 Å². The number of nitrogens with one attached hydrogen (secondary N) is 1. The van der Waals surface area contributed by atoms with Gasteiger partial charge in [0, 0.05) is 0 Å². The largest absolute Gasteiger partial charge is 0.481 e. The van der Waals surface area contributed by atoms with Crippen molar-refractivity contribution in [1.29, 1.82) is 0 Å². The van der Waals surface area contributed by atoms with Crippen molar-refractivity contribution in [2.45, 2.75) is 17.9 Å². The Hall–Kier alpha value is -1.51. The maximum absolute atomic E-state index is 13.4. The van der Waals surface area contributed by atoms with E-state index in [0.717, 1.165) is 6.07 Å². The van der Waals surface area contributed by atoms with Gasteiger partial charge in [-0.05, 0) is 24.6 Å². The lowest BCUT2D eigenvalue weighted by atomic mass is 10.1. The second-order valence-electron chi connectivity index (χ2n) is 4.62. The van der Waals surface area contributed by atoms with Crippen LogP contribution in [0.4, 0.5) is 4.39 Å². The minimum absolute atomic E-state index is 0.0233. The molecule has 1 saturated heterocycles. The Balaban J connectivity index is 2.22. The summed E-state index contributed by atoms with van der Waals surface area (Å²) in [6, 6.07) is 2.67. The first-order chi connectivity index (χ1) is 9.31. The molecule has 1 fully saturated rings. The van der Waals surface area contributed by atoms with E-state index in [1.807, 2.05) is 0 Å². The molecule has 6 nitrogen and oxygen atoms in total. The van der Waals surface area contributed by atoms with E-state index in [4.69, 9.17) is 9.84 Å². The number of sulfonamides is 1. The number of rotatable bonds is 4. The van der Waals surface area contributed by atoms with Crippen molar-refractivity contribution in [3.05, 3.63) is 29.6 Å². The van der Waals surface area contributed by atoms with Crippen LogP contribution in [0.2, 0.25) is 0 Å². The van der Waals surface area contributed by atoms with Crippen molar-refractivity contribution in [2.24, 2.45) is 5.92 Å². The summed E-state index contributed by atoms with van der Waals surface area (Å²) in [5.41, 5.74) is 0.330. The fourth-order valence-corrected chi connectivity index (χ4v) is 3.19. The summed E-state index contributed by atoms with van der Waals surface area (Å²) in [4.78, 5) is 10.7. The fraction of sp³-hybridized carbons (Fsp3) is 0.417. The van der Waals surface area contributed by atoms with Crippen LogP contribution in [0.15, 0.2) is 23.1 Å². The van der Waals surface area contributed by atoms with Crippen molar-refractivity contribution in [3.63, 3.8) is 0 Å². The van der Waals surface area contributed by atoms with Gasteiger partial charge < -0.3 is 9.84 Å². The van der Waals surface area contributed by atoms with E-state index in [-0.39, 0.29) is 18.1 Å². The second-order valence-corrected chi connectivity index (χ2v) is 6.33. The number of benzene rings is 1. The van der Waals surface area contributed by atoms with Crippen LogP contribution < -0.4 is 4.72 Å². The smallest absolute Gasteiger partial charge is 0.310 e. The van der Waals surface area contributed by atoms with E-state index >= 15 is 0 Å². The van der Waals surface area contributed by atoms with Crippen molar-refractivity contribution >= 4 is 16.0 Å². The van der Waals surface area contributed by atoms with E-state index < -0.39 is 33.8 Å². The molecule has 2 atom stereocenters. The molecule has 0 amide bonds. The Morgan fingerprint density at radius 2 is 2.15 bits per heavy atom. The van der Waals surface area contributed by atoms with Gasteiger partial charge in [-0.2, -0.15) is 0 Å². The number of carboxylic acids is 1. The number of aliphatic carboxylic acids is 1. The Bertz CT molecular complexity index is 631. The second kappa shape index (κ2) is 5.47. The first kappa shape index (κ1) is 14.9. The zero-order valence-corrected chi connectivity index (χ0v) is 11.5. The summed E-state index contributed by atoms with van der Waals surface area (Å²) >= 11 is 0. The molecular weight excluding hydrogens is 289 g/mol. The number of halogens is 1. The third-order valence-corrected chi connectivity index (χ3v) is 4.65. The zero-order valence-electron chi connectivity index (χ0n) is 10.7. The molecule has 1 aromatic rings. The van der Waals surface area contributed by atoms with E-state index in [9.17, 15) is 17.6 Å². The number of ether oxygens (including phenoxy) is 1. The van der Waals surface area contributed by atoms with E-state index in [1.54, 1.807) is 0 Å². The average Bonchev–Trinajstić information content (AvgIpc) is 2.80. The molecule has 0 bridgehead atoms. The van der Waals surface area contributed by atoms with E-state index in [1.165, 1.54) is 19.1 Å². The van der Waals surface area contributed by atoms with Crippen LogP contribution in [0.3, 0.4) is 0 Å². The van der Waals surface area contributed by atoms with Gasteiger partial charge in [-0.15, -0.1) is 0 Å². The molecule has 110 valence electrons. The molecule has 1 aromatic carbocycles. The van der Waals surface area contributed by atoms with Crippen molar-refractivity contribution in [2.75, 3.05) is 13.2 Å². The van der Waals surface area contributed by atoms with Crippen molar-refractivity contribution in [3.8, 4) is 0 Å². The first-order valence-corrected chi connectivity index (χ1v) is 7.38. The van der Waals surface area contributed by atoms with Crippen LogP contribution in [0.5, 0.6) is 0 Å². The highest BCUT2D eigenvalue weighted by Gasteiger charge is 2.37. The summed E-state index contributed by atoms with van der Waals surface area (Å²) in [5.74, 6) is -2.71. The SMILES string of the molecule is Cc1ccc(S(=O)(=O)NC2COCC2C(=O)O)cc1F. The fourth-order valence-electron chi connectivity index (χ4n) is 1.92. The lowest BCUT2D eigenvalue weighted by Gasteiger charge is -2.16. The number of hydrogen-bond donors (Lipinski definition) is 2. The van der Waals surface area contributed by atoms with Gasteiger partial charge in [0.25, 0.3) is 0 Å². The van der Waals surface area contributed by atoms with Gasteiger partial charge in [0.1, 0.15) is 5.82 Å². The summed E-state index contributed by atoms with van der Waals surface area (Å²) in [7, 11) is -3.98. The quantitative estimate of drug-likeness (QED) is 0.845. The van der Waals surface area contributed by atoms with Gasteiger partial charge in [-0.25, -0.2) is 17.5 Å². The normalized spacial score (nSPS) is 22.9. The maximum atomic E-state index is 13.4. The first-order valence-electron chi connectivity index (χ1n) is 5.90. The lowest BCUT2D eigenvalue weighted by molar-refractivity contribution is -0.142. The summed E-state index contributed by atoms with van der Waals surface area (Å²) in [6.07, 6.45) is 0. The molecule has 1 aliphatic rings. The minimum atomic E-state index is -3.98. The lowest BCUT2D eigenvalue weighted by Crippen LogP contribution is -2.42. The summed E-state index contributed by atoms with van der Waals surface area (Å²) < 4.78 is 44.8. The van der Waals surface area contributed by atoms with Gasteiger partial charge in [-0.3, -0.25) is 4.79 Å². The number of carboxylic acid groups (broad SMARTS) is 1. The molecule has 1 aliphatic heterocycles. The third kappa shape index (κ3) is 2.97. The average molecular weight is 303 g/mol. The molecule has 0 spiro atoms. The Morgan fingerprint density at radius 3 is 2.75 bits per heavy atom. The monoisotopic (exact) mass is 303 g/mol. The van der Waals surface area contributed by atoms with Crippen LogP contribution in [0.25, 0.3) is 0 Å². The highest BCUT2D eigenvalue weighted by atomic mass is 32.2. The number of hydrogen-bond acceptors (Lipinski definition) is 4. The van der Waals surface area contributed by atoms with E-state index in [2.05, 4.69) is 4.72 Å². The Morgan fingerprint density at radius 1 is 1.45 bits per heavy atom. The molecule has 0 radical (unpaired) electrons. The predicted octanol–water partition coefficient (Wildman–Crippen LogP) is 0.512. The molecule has 0 aliphatic carbocycles. The van der Waals surface area contributed by atoms with Crippen LogP contribution in [0.1, 0.15) is 5.56 Å². The molecule has 20 heavy (non-hydrogen) atoms. The molecule has 0 aromatic heterocycles. The molecule has 8 heteroatoms. The highest BCUT2D eigenvalue weighted by Crippen LogP contribution is 2.19. The predicted molar refractivity (Wildman–Crippen MR) is 67.2 cm³/mol. The summed E-state index contributed by atoms with van der Waals surface area (Å²) in [6.45, 7) is 1.44. The Labute approximate surface area is 115 Å². The van der Waals surface area contributed by atoms with E-state index in [0.29, 0.717) is 5.56 Å². The molecule has 0 saturated carbocycles. The molecule has 1 heterocycles.